The number of ether oxygens (including phenoxy) is 4. The van der Waals surface area contributed by atoms with Gasteiger partial charge in [-0.3, -0.25) is 57.4 Å². The van der Waals surface area contributed by atoms with Gasteiger partial charge in [0.15, 0.2) is 0 Å². The number of nitro groups is 1. The molecule has 2 aliphatic rings. The molecule has 5 rings (SSSR count). The van der Waals surface area contributed by atoms with Crippen molar-refractivity contribution in [3.05, 3.63) is 99.6 Å². The highest BCUT2D eigenvalue weighted by Gasteiger charge is 2.44. The van der Waals surface area contributed by atoms with Gasteiger partial charge in [0.2, 0.25) is 0 Å². The highest BCUT2D eigenvalue weighted by atomic mass is 31.2. The van der Waals surface area contributed by atoms with Crippen LogP contribution in [0.2, 0.25) is 0 Å². The molecule has 2 fully saturated rings. The van der Waals surface area contributed by atoms with Crippen LogP contribution >= 0.6 is 7.82 Å². The second kappa shape index (κ2) is 15.6. The van der Waals surface area contributed by atoms with E-state index in [-0.39, 0.29) is 35.4 Å². The lowest BCUT2D eigenvalue weighted by molar-refractivity contribution is -0.384. The number of hydrogen-bond acceptors (Lipinski definition) is 16. The highest BCUT2D eigenvalue weighted by Crippen LogP contribution is 2.51. The smallest absolute Gasteiger partial charge is 0.460 e. The molecule has 0 unspecified atom stereocenters. The first-order valence-electron chi connectivity index (χ1n) is 15.6. The summed E-state index contributed by atoms with van der Waals surface area (Å²) in [6, 6.07) is 4.44. The molecule has 0 radical (unpaired) electrons. The van der Waals surface area contributed by atoms with Crippen LogP contribution in [0.25, 0.3) is 0 Å². The first-order valence-corrected chi connectivity index (χ1v) is 17.1. The second-order valence-corrected chi connectivity index (χ2v) is 13.5. The summed E-state index contributed by atoms with van der Waals surface area (Å²) < 4.78 is 56.0. The van der Waals surface area contributed by atoms with Crippen molar-refractivity contribution in [3.8, 4) is 5.75 Å². The SMILES string of the molecule is CC(=O)O[C@H]1C[C@H](n2cc(C)c(=O)[nH]c2=O)O[C@@H]1COP(=O)(OC[C@H]1O[C@@H](n2cc(C)c(=O)[nH]c2=O)C[C@@H]1OC(C)=O)Oc1ccc([N+](=O)[O-])cc1. The van der Waals surface area contributed by atoms with Gasteiger partial charge in [-0.2, -0.15) is 0 Å². The molecule has 2 aromatic heterocycles. The number of aromatic nitrogens is 4. The zero-order chi connectivity index (χ0) is 37.9. The number of aryl methyl sites for hydroxylation is 2. The minimum atomic E-state index is -4.78. The van der Waals surface area contributed by atoms with Crippen LogP contribution in [0, 0.1) is 24.0 Å². The number of nitrogens with one attached hydrogen (secondary N) is 2. The number of rotatable bonds is 13. The van der Waals surface area contributed by atoms with Gasteiger partial charge in [-0.05, 0) is 26.0 Å². The fourth-order valence-electron chi connectivity index (χ4n) is 5.49. The van der Waals surface area contributed by atoms with Crippen molar-refractivity contribution in [2.75, 3.05) is 13.2 Å². The van der Waals surface area contributed by atoms with Crippen LogP contribution in [0.5, 0.6) is 5.75 Å². The lowest BCUT2D eigenvalue weighted by atomic mass is 10.2. The normalized spacial score (nSPS) is 22.9. The van der Waals surface area contributed by atoms with E-state index in [1.54, 1.807) is 0 Å². The molecule has 0 bridgehead atoms. The number of nitro benzene ring substituents is 1. The number of aromatic amines is 2. The zero-order valence-corrected chi connectivity index (χ0v) is 29.0. The Morgan fingerprint density at radius 3 is 1.63 bits per heavy atom. The van der Waals surface area contributed by atoms with Crippen LogP contribution in [-0.4, -0.2) is 73.6 Å². The van der Waals surface area contributed by atoms with Crippen molar-refractivity contribution >= 4 is 25.4 Å². The zero-order valence-electron chi connectivity index (χ0n) is 28.1. The van der Waals surface area contributed by atoms with Crippen molar-refractivity contribution in [1.29, 1.82) is 0 Å². The number of phosphoric acid groups is 1. The third kappa shape index (κ3) is 8.98. The Labute approximate surface area is 292 Å². The molecule has 2 aliphatic heterocycles. The Morgan fingerprint density at radius 1 is 0.827 bits per heavy atom. The van der Waals surface area contributed by atoms with Gasteiger partial charge in [-0.1, -0.05) is 0 Å². The van der Waals surface area contributed by atoms with Gasteiger partial charge in [0.05, 0.1) is 18.1 Å². The molecule has 0 spiro atoms. The number of benzene rings is 1. The Hall–Kier alpha value is -5.21. The van der Waals surface area contributed by atoms with Gasteiger partial charge >= 0.3 is 31.1 Å². The number of esters is 2. The second-order valence-electron chi connectivity index (χ2n) is 11.9. The van der Waals surface area contributed by atoms with Gasteiger partial charge in [0.25, 0.3) is 16.8 Å². The maximum atomic E-state index is 14.2. The number of non-ortho nitro benzene ring substituents is 1. The molecule has 4 heterocycles. The number of hydrogen-bond donors (Lipinski definition) is 2. The number of carbonyl (C=O) groups is 2. The fraction of sp³-hybridized carbons (Fsp3) is 0.467. The largest absolute Gasteiger partial charge is 0.530 e. The molecule has 0 amide bonds. The van der Waals surface area contributed by atoms with Crippen molar-refractivity contribution in [2.45, 2.75) is 77.4 Å². The predicted molar refractivity (Wildman–Crippen MR) is 174 cm³/mol. The molecular formula is C30H34N5O16P. The summed E-state index contributed by atoms with van der Waals surface area (Å²) in [5.74, 6) is -1.58. The molecule has 2 N–H and O–H groups in total. The predicted octanol–water partition coefficient (Wildman–Crippen LogP) is 1.27. The standard InChI is InChI=1S/C30H34N5O16P/c1-15-11-33(29(40)31-27(15)38)25-9-21(47-17(3)36)23(49-25)13-45-52(44,51-20-7-5-19(6-8-20)35(42)43)46-14-24-22(48-18(4)37)10-26(50-24)34-12-16(2)28(39)32-30(34)41/h5-8,11-12,21-26H,9-10,13-14H2,1-4H3,(H,31,38,40)(H,32,39,41)/t21-,22-,23+,24+,25+,26+/m0/s1. The van der Waals surface area contributed by atoms with Crippen molar-refractivity contribution in [2.24, 2.45) is 0 Å². The molecule has 0 saturated carbocycles. The summed E-state index contributed by atoms with van der Waals surface area (Å²) in [5.41, 5.74) is -2.70. The third-order valence-corrected chi connectivity index (χ3v) is 9.33. The van der Waals surface area contributed by atoms with E-state index in [0.29, 0.717) is 0 Å². The Morgan fingerprint density at radius 2 is 1.25 bits per heavy atom. The van der Waals surface area contributed by atoms with Crippen LogP contribution in [-0.2, 0) is 42.1 Å². The maximum Gasteiger partial charge on any atom is 0.530 e. The molecule has 21 nitrogen and oxygen atoms in total. The van der Waals surface area contributed by atoms with Crippen LogP contribution in [0.1, 0.15) is 50.3 Å². The number of carbonyl (C=O) groups excluding carboxylic acids is 2. The quantitative estimate of drug-likeness (QED) is 0.108. The van der Waals surface area contributed by atoms with Crippen LogP contribution in [0.4, 0.5) is 5.69 Å². The summed E-state index contributed by atoms with van der Waals surface area (Å²) in [7, 11) is -4.78. The molecule has 22 heteroatoms. The van der Waals surface area contributed by atoms with Gasteiger partial charge in [-0.25, -0.2) is 14.2 Å². The van der Waals surface area contributed by atoms with E-state index in [2.05, 4.69) is 9.97 Å². The van der Waals surface area contributed by atoms with Crippen LogP contribution in [0.15, 0.2) is 55.8 Å². The van der Waals surface area contributed by atoms with E-state index < -0.39 is 97.3 Å². The number of H-pyrrole nitrogens is 2. The summed E-state index contributed by atoms with van der Waals surface area (Å²) in [6.07, 6.45) is -4.12. The van der Waals surface area contributed by atoms with Gasteiger partial charge in [-0.15, -0.1) is 0 Å². The lowest BCUT2D eigenvalue weighted by Crippen LogP contribution is -2.34. The first-order chi connectivity index (χ1) is 24.5. The Bertz CT molecular complexity index is 2010. The van der Waals surface area contributed by atoms with Crippen molar-refractivity contribution < 1.29 is 51.6 Å². The molecule has 52 heavy (non-hydrogen) atoms. The molecule has 0 aliphatic carbocycles. The van der Waals surface area contributed by atoms with Crippen LogP contribution < -0.4 is 27.0 Å². The minimum Gasteiger partial charge on any atom is -0.460 e. The van der Waals surface area contributed by atoms with Crippen molar-refractivity contribution in [1.82, 2.24) is 19.1 Å². The Kier molecular flexibility index (Phi) is 11.4. The molecule has 280 valence electrons. The average Bonchev–Trinajstić information content (AvgIpc) is 3.65. The topological polar surface area (TPSA) is 269 Å². The lowest BCUT2D eigenvalue weighted by Gasteiger charge is -2.24. The van der Waals surface area contributed by atoms with E-state index in [1.807, 2.05) is 0 Å². The molecule has 3 aromatic rings. The van der Waals surface area contributed by atoms with Gasteiger partial charge < -0.3 is 23.5 Å². The number of nitrogens with zero attached hydrogens (tertiary/aromatic N) is 3. The van der Waals surface area contributed by atoms with E-state index in [1.165, 1.54) is 26.2 Å². The summed E-state index contributed by atoms with van der Waals surface area (Å²) in [5, 5.41) is 11.2. The van der Waals surface area contributed by atoms with Crippen molar-refractivity contribution in [3.63, 3.8) is 0 Å². The van der Waals surface area contributed by atoms with E-state index in [9.17, 15) is 43.4 Å². The Balaban J connectivity index is 1.39. The maximum absolute atomic E-state index is 14.2. The van der Waals surface area contributed by atoms with Gasteiger partial charge in [0, 0.05) is 62.3 Å². The first kappa shape index (κ1) is 38.0. The summed E-state index contributed by atoms with van der Waals surface area (Å²) in [6.45, 7) is 3.99. The molecular weight excluding hydrogens is 717 g/mol. The monoisotopic (exact) mass is 751 g/mol. The van der Waals surface area contributed by atoms with E-state index in [4.69, 9.17) is 32.5 Å². The fourth-order valence-corrected chi connectivity index (χ4v) is 6.71. The van der Waals surface area contributed by atoms with E-state index >= 15 is 0 Å². The summed E-state index contributed by atoms with van der Waals surface area (Å²) >= 11 is 0. The summed E-state index contributed by atoms with van der Waals surface area (Å²) in [4.78, 5) is 87.6. The average molecular weight is 752 g/mol. The molecule has 6 atom stereocenters. The minimum absolute atomic E-state index is 0.0711. The third-order valence-electron chi connectivity index (χ3n) is 7.97. The van der Waals surface area contributed by atoms with Crippen LogP contribution in [0.3, 0.4) is 0 Å². The number of phosphoric ester groups is 1. The van der Waals surface area contributed by atoms with E-state index in [0.717, 1.165) is 47.2 Å². The van der Waals surface area contributed by atoms with Gasteiger partial charge in [0.1, 0.15) is 42.6 Å². The molecule has 1 aromatic carbocycles. The highest BCUT2D eigenvalue weighted by molar-refractivity contribution is 7.48. The molecule has 2 saturated heterocycles.